The Bertz CT molecular complexity index is 564. The molecule has 1 aromatic carbocycles. The number of halogens is 1. The molecule has 1 aromatic rings. The number of Topliss-reactive ketones (excluding diaryl/α,β-unsaturated/α-hetero) is 1. The van der Waals surface area contributed by atoms with Crippen LogP contribution in [-0.2, 0) is 4.79 Å². The highest BCUT2D eigenvalue weighted by Gasteiger charge is 2.27. The van der Waals surface area contributed by atoms with Crippen LogP contribution in [0.2, 0.25) is 5.02 Å². The van der Waals surface area contributed by atoms with Crippen LogP contribution in [0.15, 0.2) is 41.2 Å². The Balaban J connectivity index is 1.85. The molecule has 2 N–H and O–H groups in total. The van der Waals surface area contributed by atoms with E-state index in [0.29, 0.717) is 5.02 Å². The summed E-state index contributed by atoms with van der Waals surface area (Å²) in [5.41, 5.74) is 2.78. The molecule has 1 aliphatic carbocycles. The minimum absolute atomic E-state index is 0.159. The van der Waals surface area contributed by atoms with Gasteiger partial charge in [-0.3, -0.25) is 4.79 Å². The second kappa shape index (κ2) is 5.10. The molecule has 3 rings (SSSR count). The summed E-state index contributed by atoms with van der Waals surface area (Å²) in [7, 11) is 0. The van der Waals surface area contributed by atoms with Gasteiger partial charge in [-0.05, 0) is 36.6 Å². The Hall–Kier alpha value is -1.74. The van der Waals surface area contributed by atoms with E-state index in [1.807, 2.05) is 30.3 Å². The number of allylic oxidation sites excluding steroid dienone is 2. The Labute approximate surface area is 117 Å². The molecule has 2 fully saturated rings. The van der Waals surface area contributed by atoms with Gasteiger partial charge in [-0.15, -0.1) is 0 Å². The van der Waals surface area contributed by atoms with E-state index in [0.717, 1.165) is 48.5 Å². The quantitative estimate of drug-likeness (QED) is 0.773. The van der Waals surface area contributed by atoms with Crippen LogP contribution in [0.1, 0.15) is 18.4 Å². The lowest BCUT2D eigenvalue weighted by Gasteiger charge is -2.03. The Morgan fingerprint density at radius 2 is 1.74 bits per heavy atom. The van der Waals surface area contributed by atoms with Crippen molar-refractivity contribution in [3.63, 3.8) is 0 Å². The van der Waals surface area contributed by atoms with Gasteiger partial charge in [0.25, 0.3) is 0 Å². The van der Waals surface area contributed by atoms with Crippen LogP contribution < -0.4 is 10.6 Å². The molecule has 0 spiro atoms. The molecule has 19 heavy (non-hydrogen) atoms. The maximum atomic E-state index is 12.3. The standard InChI is InChI=1S/C15H15ClN2O/c16-12-4-1-10(2-5-12)9-11-3-6-13(14(11)19)15-17-7-8-18-15/h1-2,4-5,9,17-18H,3,6-8H2. The summed E-state index contributed by atoms with van der Waals surface area (Å²) in [5.74, 6) is 1.08. The van der Waals surface area contributed by atoms with E-state index in [1.165, 1.54) is 0 Å². The first kappa shape index (κ1) is 12.3. The van der Waals surface area contributed by atoms with Crippen LogP contribution in [0.5, 0.6) is 0 Å². The first-order valence-corrected chi connectivity index (χ1v) is 6.83. The van der Waals surface area contributed by atoms with Gasteiger partial charge in [0.2, 0.25) is 0 Å². The molecular weight excluding hydrogens is 260 g/mol. The third-order valence-electron chi connectivity index (χ3n) is 3.45. The molecule has 0 amide bonds. The lowest BCUT2D eigenvalue weighted by atomic mass is 10.1. The predicted molar refractivity (Wildman–Crippen MR) is 76.7 cm³/mol. The summed E-state index contributed by atoms with van der Waals surface area (Å²) in [4.78, 5) is 12.3. The van der Waals surface area contributed by atoms with Gasteiger partial charge in [0.1, 0.15) is 5.82 Å². The number of hydrogen-bond acceptors (Lipinski definition) is 3. The maximum Gasteiger partial charge on any atom is 0.188 e. The molecule has 3 nitrogen and oxygen atoms in total. The van der Waals surface area contributed by atoms with Gasteiger partial charge in [0.05, 0.1) is 0 Å². The Morgan fingerprint density at radius 1 is 1.05 bits per heavy atom. The smallest absolute Gasteiger partial charge is 0.188 e. The van der Waals surface area contributed by atoms with Crippen molar-refractivity contribution in [2.45, 2.75) is 12.8 Å². The number of rotatable bonds is 1. The largest absolute Gasteiger partial charge is 0.370 e. The van der Waals surface area contributed by atoms with Gasteiger partial charge in [0, 0.05) is 29.3 Å². The number of hydrogen-bond donors (Lipinski definition) is 2. The van der Waals surface area contributed by atoms with Crippen molar-refractivity contribution < 1.29 is 4.79 Å². The fraction of sp³-hybridized carbons (Fsp3) is 0.267. The summed E-state index contributed by atoms with van der Waals surface area (Å²) >= 11 is 5.85. The molecule has 0 unspecified atom stereocenters. The van der Waals surface area contributed by atoms with Gasteiger partial charge in [-0.1, -0.05) is 23.7 Å². The average Bonchev–Trinajstić information content (AvgIpc) is 3.03. The van der Waals surface area contributed by atoms with Gasteiger partial charge in [0.15, 0.2) is 5.78 Å². The molecule has 0 bridgehead atoms. The Morgan fingerprint density at radius 3 is 2.42 bits per heavy atom. The SMILES string of the molecule is O=C1C(=Cc2ccc(Cl)cc2)CCC1=C1NCCN1. The van der Waals surface area contributed by atoms with Crippen molar-refractivity contribution in [1.82, 2.24) is 10.6 Å². The normalized spacial score (nSPS) is 20.9. The molecule has 98 valence electrons. The van der Waals surface area contributed by atoms with E-state index in [-0.39, 0.29) is 5.78 Å². The lowest BCUT2D eigenvalue weighted by Crippen LogP contribution is -2.15. The van der Waals surface area contributed by atoms with Crippen LogP contribution in [0, 0.1) is 0 Å². The minimum atomic E-state index is 0.159. The van der Waals surface area contributed by atoms with E-state index < -0.39 is 0 Å². The molecule has 4 heteroatoms. The highest BCUT2D eigenvalue weighted by Crippen LogP contribution is 2.29. The van der Waals surface area contributed by atoms with Crippen LogP contribution >= 0.6 is 11.6 Å². The number of carbonyl (C=O) groups excluding carboxylic acids is 1. The number of carbonyl (C=O) groups is 1. The van der Waals surface area contributed by atoms with Crippen molar-refractivity contribution in [2.75, 3.05) is 13.1 Å². The van der Waals surface area contributed by atoms with Crippen LogP contribution in [0.3, 0.4) is 0 Å². The van der Waals surface area contributed by atoms with Crippen LogP contribution in [0.4, 0.5) is 0 Å². The summed E-state index contributed by atoms with van der Waals surface area (Å²) in [5, 5.41) is 7.16. The molecule has 0 aromatic heterocycles. The maximum absolute atomic E-state index is 12.3. The summed E-state index contributed by atoms with van der Waals surface area (Å²) in [6, 6.07) is 7.54. The zero-order valence-electron chi connectivity index (χ0n) is 10.5. The molecule has 2 aliphatic rings. The summed E-state index contributed by atoms with van der Waals surface area (Å²) in [6.45, 7) is 1.78. The number of nitrogens with one attached hydrogen (secondary N) is 2. The zero-order chi connectivity index (χ0) is 13.2. The van der Waals surface area contributed by atoms with Crippen LogP contribution in [0.25, 0.3) is 6.08 Å². The second-order valence-electron chi connectivity index (χ2n) is 4.76. The lowest BCUT2D eigenvalue weighted by molar-refractivity contribution is -0.111. The van der Waals surface area contributed by atoms with E-state index in [2.05, 4.69) is 10.6 Å². The molecular formula is C15H15ClN2O. The molecule has 0 atom stereocenters. The zero-order valence-corrected chi connectivity index (χ0v) is 11.3. The topological polar surface area (TPSA) is 41.1 Å². The molecule has 1 aliphatic heterocycles. The predicted octanol–water partition coefficient (Wildman–Crippen LogP) is 2.49. The molecule has 0 radical (unpaired) electrons. The van der Waals surface area contributed by atoms with E-state index in [9.17, 15) is 4.79 Å². The van der Waals surface area contributed by atoms with Gasteiger partial charge < -0.3 is 10.6 Å². The fourth-order valence-corrected chi connectivity index (χ4v) is 2.59. The fourth-order valence-electron chi connectivity index (χ4n) is 2.47. The average molecular weight is 275 g/mol. The highest BCUT2D eigenvalue weighted by molar-refractivity contribution is 6.30. The van der Waals surface area contributed by atoms with Gasteiger partial charge >= 0.3 is 0 Å². The molecule has 1 heterocycles. The first-order valence-electron chi connectivity index (χ1n) is 6.46. The summed E-state index contributed by atoms with van der Waals surface area (Å²) in [6.07, 6.45) is 3.58. The van der Waals surface area contributed by atoms with E-state index >= 15 is 0 Å². The van der Waals surface area contributed by atoms with E-state index in [1.54, 1.807) is 0 Å². The Kier molecular flexibility index (Phi) is 3.30. The van der Waals surface area contributed by atoms with Crippen molar-refractivity contribution in [3.05, 3.63) is 51.8 Å². The van der Waals surface area contributed by atoms with Crippen molar-refractivity contribution in [3.8, 4) is 0 Å². The van der Waals surface area contributed by atoms with Gasteiger partial charge in [-0.25, -0.2) is 0 Å². The molecule has 1 saturated carbocycles. The van der Waals surface area contributed by atoms with Crippen molar-refractivity contribution in [2.24, 2.45) is 0 Å². The monoisotopic (exact) mass is 274 g/mol. The van der Waals surface area contributed by atoms with E-state index in [4.69, 9.17) is 11.6 Å². The summed E-state index contributed by atoms with van der Waals surface area (Å²) < 4.78 is 0. The van der Waals surface area contributed by atoms with Crippen LogP contribution in [-0.4, -0.2) is 18.9 Å². The minimum Gasteiger partial charge on any atom is -0.370 e. The highest BCUT2D eigenvalue weighted by atomic mass is 35.5. The third-order valence-corrected chi connectivity index (χ3v) is 3.70. The third kappa shape index (κ3) is 2.51. The van der Waals surface area contributed by atoms with Crippen molar-refractivity contribution >= 4 is 23.5 Å². The molecule has 1 saturated heterocycles. The second-order valence-corrected chi connectivity index (χ2v) is 5.19. The first-order chi connectivity index (χ1) is 9.24. The van der Waals surface area contributed by atoms with Gasteiger partial charge in [-0.2, -0.15) is 0 Å². The number of ketones is 1. The number of benzene rings is 1. The van der Waals surface area contributed by atoms with Crippen molar-refractivity contribution in [1.29, 1.82) is 0 Å².